The molecule has 2 heterocycles. The number of aromatic nitrogens is 2. The van der Waals surface area contributed by atoms with Gasteiger partial charge in [-0.25, -0.2) is 0 Å². The van der Waals surface area contributed by atoms with Gasteiger partial charge in [0.15, 0.2) is 0 Å². The lowest BCUT2D eigenvalue weighted by Crippen LogP contribution is -2.43. The van der Waals surface area contributed by atoms with Crippen LogP contribution in [0.1, 0.15) is 55.6 Å². The van der Waals surface area contributed by atoms with Crippen molar-refractivity contribution in [1.29, 1.82) is 0 Å². The number of carbonyl (C=O) groups is 2. The van der Waals surface area contributed by atoms with Crippen LogP contribution >= 0.6 is 0 Å². The predicted molar refractivity (Wildman–Crippen MR) is 82.6 cm³/mol. The van der Waals surface area contributed by atoms with Gasteiger partial charge >= 0.3 is 5.97 Å². The molecule has 1 aliphatic rings. The summed E-state index contributed by atoms with van der Waals surface area (Å²) in [6.07, 6.45) is 3.24. The number of ether oxygens (including phenoxy) is 1. The van der Waals surface area contributed by atoms with E-state index in [4.69, 9.17) is 4.74 Å². The van der Waals surface area contributed by atoms with E-state index in [-0.39, 0.29) is 23.7 Å². The van der Waals surface area contributed by atoms with Gasteiger partial charge in [-0.05, 0) is 25.7 Å². The van der Waals surface area contributed by atoms with Crippen molar-refractivity contribution >= 4 is 11.9 Å². The molecule has 0 aromatic carbocycles. The van der Waals surface area contributed by atoms with Crippen LogP contribution in [0, 0.1) is 5.92 Å². The Hall–Kier alpha value is -1.85. The molecule has 2 rings (SSSR count). The van der Waals surface area contributed by atoms with Crippen LogP contribution in [0.15, 0.2) is 6.20 Å². The lowest BCUT2D eigenvalue weighted by Gasteiger charge is -2.31. The van der Waals surface area contributed by atoms with Crippen LogP contribution in [0.2, 0.25) is 0 Å². The number of nitrogens with zero attached hydrogens (tertiary/aromatic N) is 3. The van der Waals surface area contributed by atoms with Crippen LogP contribution in [0.25, 0.3) is 0 Å². The Labute approximate surface area is 131 Å². The van der Waals surface area contributed by atoms with E-state index in [1.54, 1.807) is 22.7 Å². The van der Waals surface area contributed by atoms with Gasteiger partial charge in [-0.1, -0.05) is 13.8 Å². The second-order valence-electron chi connectivity index (χ2n) is 6.06. The summed E-state index contributed by atoms with van der Waals surface area (Å²) in [6.45, 7) is 7.39. The molecule has 0 N–H and O–H groups in total. The van der Waals surface area contributed by atoms with Gasteiger partial charge in [0.1, 0.15) is 0 Å². The lowest BCUT2D eigenvalue weighted by atomic mass is 9.97. The fourth-order valence-electron chi connectivity index (χ4n) is 3.08. The minimum Gasteiger partial charge on any atom is -0.466 e. The minimum atomic E-state index is -0.211. The van der Waals surface area contributed by atoms with Gasteiger partial charge in [-0.15, -0.1) is 0 Å². The average molecular weight is 307 g/mol. The van der Waals surface area contributed by atoms with Gasteiger partial charge in [0.2, 0.25) is 0 Å². The van der Waals surface area contributed by atoms with Crippen molar-refractivity contribution in [3.8, 4) is 0 Å². The van der Waals surface area contributed by atoms with Crippen LogP contribution in [-0.4, -0.2) is 46.3 Å². The topological polar surface area (TPSA) is 64.4 Å². The highest BCUT2D eigenvalue weighted by atomic mass is 16.5. The second kappa shape index (κ2) is 6.94. The molecule has 0 bridgehead atoms. The molecule has 0 spiro atoms. The van der Waals surface area contributed by atoms with Crippen molar-refractivity contribution in [1.82, 2.24) is 14.7 Å². The van der Waals surface area contributed by atoms with Crippen molar-refractivity contribution < 1.29 is 14.3 Å². The molecule has 6 heteroatoms. The summed E-state index contributed by atoms with van der Waals surface area (Å²) in [7, 11) is 1.85. The van der Waals surface area contributed by atoms with Crippen LogP contribution in [0.3, 0.4) is 0 Å². The van der Waals surface area contributed by atoms with Crippen LogP contribution in [-0.2, 0) is 16.6 Å². The number of aryl methyl sites for hydroxylation is 1. The Morgan fingerprint density at radius 3 is 2.82 bits per heavy atom. The Morgan fingerprint density at radius 2 is 2.18 bits per heavy atom. The summed E-state index contributed by atoms with van der Waals surface area (Å²) in [5, 5.41) is 4.21. The van der Waals surface area contributed by atoms with Crippen molar-refractivity contribution in [3.63, 3.8) is 0 Å². The van der Waals surface area contributed by atoms with E-state index in [1.807, 2.05) is 20.9 Å². The Bertz CT molecular complexity index is 551. The third-order valence-corrected chi connectivity index (χ3v) is 4.09. The normalized spacial score (nSPS) is 18.6. The molecule has 1 atom stereocenters. The molecule has 1 aliphatic heterocycles. The van der Waals surface area contributed by atoms with Gasteiger partial charge in [0.05, 0.1) is 30.0 Å². The van der Waals surface area contributed by atoms with E-state index in [1.165, 1.54) is 0 Å². The average Bonchev–Trinajstić information content (AvgIpc) is 2.88. The molecular weight excluding hydrogens is 282 g/mol. The second-order valence-corrected chi connectivity index (χ2v) is 6.06. The number of carbonyl (C=O) groups excluding carboxylic acids is 2. The van der Waals surface area contributed by atoms with Gasteiger partial charge in [0, 0.05) is 20.1 Å². The summed E-state index contributed by atoms with van der Waals surface area (Å²) in [4.78, 5) is 26.4. The smallest absolute Gasteiger partial charge is 0.310 e. The minimum absolute atomic E-state index is 0.0363. The highest BCUT2D eigenvalue weighted by Crippen LogP contribution is 2.24. The highest BCUT2D eigenvalue weighted by molar-refractivity contribution is 5.95. The maximum Gasteiger partial charge on any atom is 0.310 e. The van der Waals surface area contributed by atoms with Crippen LogP contribution < -0.4 is 0 Å². The zero-order valence-corrected chi connectivity index (χ0v) is 13.8. The standard InChI is InChI=1S/C16H25N3O3/c1-5-22-16(21)12-7-6-8-19(10-12)15(20)13-9-17-18(4)14(13)11(2)3/h9,11-12H,5-8,10H2,1-4H3/t12-/m0/s1. The van der Waals surface area contributed by atoms with Crippen molar-refractivity contribution in [2.45, 2.75) is 39.5 Å². The maximum absolute atomic E-state index is 12.8. The van der Waals surface area contributed by atoms with Gasteiger partial charge in [-0.2, -0.15) is 5.10 Å². The summed E-state index contributed by atoms with van der Waals surface area (Å²) < 4.78 is 6.84. The van der Waals surface area contributed by atoms with Crippen LogP contribution in [0.5, 0.6) is 0 Å². The first kappa shape index (κ1) is 16.5. The maximum atomic E-state index is 12.8. The lowest BCUT2D eigenvalue weighted by molar-refractivity contribution is -0.149. The van der Waals surface area contributed by atoms with Crippen LogP contribution in [0.4, 0.5) is 0 Å². The van der Waals surface area contributed by atoms with E-state index in [9.17, 15) is 9.59 Å². The van der Waals surface area contributed by atoms with Crippen molar-refractivity contribution in [2.75, 3.05) is 19.7 Å². The van der Waals surface area contributed by atoms with E-state index >= 15 is 0 Å². The Kier molecular flexibility index (Phi) is 5.21. The zero-order valence-electron chi connectivity index (χ0n) is 13.8. The number of piperidine rings is 1. The molecule has 1 aromatic heterocycles. The predicted octanol–water partition coefficient (Wildman–Crippen LogP) is 1.96. The zero-order chi connectivity index (χ0) is 16.3. The molecule has 1 saturated heterocycles. The fourth-order valence-corrected chi connectivity index (χ4v) is 3.08. The molecule has 122 valence electrons. The molecule has 6 nitrogen and oxygen atoms in total. The largest absolute Gasteiger partial charge is 0.466 e. The van der Waals surface area contributed by atoms with E-state index < -0.39 is 0 Å². The molecule has 1 aromatic rings. The summed E-state index contributed by atoms with van der Waals surface area (Å²) in [5.41, 5.74) is 1.57. The fraction of sp³-hybridized carbons (Fsp3) is 0.688. The molecule has 0 aliphatic carbocycles. The Morgan fingerprint density at radius 1 is 1.45 bits per heavy atom. The molecule has 1 amide bonds. The molecule has 0 radical (unpaired) electrons. The van der Waals surface area contributed by atoms with E-state index in [2.05, 4.69) is 5.10 Å². The third-order valence-electron chi connectivity index (χ3n) is 4.09. The quantitative estimate of drug-likeness (QED) is 0.798. The molecule has 0 unspecified atom stereocenters. The Balaban J connectivity index is 2.14. The molecule has 1 fully saturated rings. The van der Waals surface area contributed by atoms with Gasteiger partial charge in [0.25, 0.3) is 5.91 Å². The first-order valence-corrected chi connectivity index (χ1v) is 7.93. The van der Waals surface area contributed by atoms with Gasteiger partial charge in [-0.3, -0.25) is 14.3 Å². The summed E-state index contributed by atoms with van der Waals surface area (Å²) in [6, 6.07) is 0. The number of esters is 1. The summed E-state index contributed by atoms with van der Waals surface area (Å²) in [5.74, 6) is -0.227. The van der Waals surface area contributed by atoms with Crippen molar-refractivity contribution in [2.24, 2.45) is 13.0 Å². The third kappa shape index (κ3) is 3.31. The number of likely N-dealkylation sites (tertiary alicyclic amines) is 1. The molecule has 22 heavy (non-hydrogen) atoms. The molecular formula is C16H25N3O3. The summed E-state index contributed by atoms with van der Waals surface area (Å²) >= 11 is 0. The van der Waals surface area contributed by atoms with Crippen molar-refractivity contribution in [3.05, 3.63) is 17.5 Å². The first-order valence-electron chi connectivity index (χ1n) is 7.93. The monoisotopic (exact) mass is 307 g/mol. The number of hydrogen-bond donors (Lipinski definition) is 0. The number of hydrogen-bond acceptors (Lipinski definition) is 4. The first-order chi connectivity index (χ1) is 10.5. The van der Waals surface area contributed by atoms with Gasteiger partial charge < -0.3 is 9.64 Å². The molecule has 0 saturated carbocycles. The van der Waals surface area contributed by atoms with E-state index in [0.717, 1.165) is 18.5 Å². The number of amides is 1. The SMILES string of the molecule is CCOC(=O)[C@H]1CCCN(C(=O)c2cnn(C)c2C(C)C)C1. The highest BCUT2D eigenvalue weighted by Gasteiger charge is 2.31. The van der Waals surface area contributed by atoms with E-state index in [0.29, 0.717) is 25.3 Å². The number of rotatable bonds is 4.